The Morgan fingerprint density at radius 2 is 2.22 bits per heavy atom. The molecule has 0 saturated heterocycles. The topological polar surface area (TPSA) is 67.5 Å². The van der Waals surface area contributed by atoms with Crippen molar-refractivity contribution in [2.24, 2.45) is 5.73 Å². The van der Waals surface area contributed by atoms with Crippen molar-refractivity contribution in [2.45, 2.75) is 18.9 Å². The molecule has 0 fully saturated rings. The van der Waals surface area contributed by atoms with Crippen molar-refractivity contribution in [3.8, 4) is 5.75 Å². The van der Waals surface area contributed by atoms with E-state index in [4.69, 9.17) is 15.6 Å². The Labute approximate surface area is 107 Å². The van der Waals surface area contributed by atoms with Gasteiger partial charge in [-0.3, -0.25) is 0 Å². The molecule has 0 amide bonds. The van der Waals surface area contributed by atoms with Gasteiger partial charge < -0.3 is 20.9 Å². The average Bonchev–Trinajstić information content (AvgIpc) is 2.39. The van der Waals surface area contributed by atoms with E-state index >= 15 is 0 Å². The molecule has 0 bridgehead atoms. The van der Waals surface area contributed by atoms with Crippen LogP contribution in [-0.4, -0.2) is 31.9 Å². The van der Waals surface area contributed by atoms with Crippen molar-refractivity contribution in [1.29, 1.82) is 0 Å². The van der Waals surface area contributed by atoms with Crippen molar-refractivity contribution in [1.82, 2.24) is 5.32 Å². The molecule has 0 aromatic heterocycles. The van der Waals surface area contributed by atoms with E-state index < -0.39 is 0 Å². The molecule has 0 aliphatic heterocycles. The highest BCUT2D eigenvalue weighted by molar-refractivity contribution is 5.31. The lowest BCUT2D eigenvalue weighted by atomic mass is 10.1. The molecule has 5 heteroatoms. The number of aliphatic hydroxyl groups is 1. The van der Waals surface area contributed by atoms with Crippen LogP contribution in [0.4, 0.5) is 4.39 Å². The number of rotatable bonds is 8. The van der Waals surface area contributed by atoms with Gasteiger partial charge in [0.15, 0.2) is 11.6 Å². The largest absolute Gasteiger partial charge is 0.494 e. The number of hydrogen-bond acceptors (Lipinski definition) is 4. The van der Waals surface area contributed by atoms with E-state index in [0.717, 1.165) is 24.9 Å². The highest BCUT2D eigenvalue weighted by atomic mass is 19.1. The Balaban J connectivity index is 2.61. The predicted octanol–water partition coefficient (Wildman–Crippen LogP) is 1.20. The minimum atomic E-state index is -0.384. The van der Waals surface area contributed by atoms with Crippen molar-refractivity contribution < 1.29 is 14.2 Å². The maximum atomic E-state index is 13.6. The summed E-state index contributed by atoms with van der Waals surface area (Å²) in [5, 5.41) is 11.9. The van der Waals surface area contributed by atoms with Crippen LogP contribution in [0, 0.1) is 5.82 Å². The predicted molar refractivity (Wildman–Crippen MR) is 69.1 cm³/mol. The second kappa shape index (κ2) is 8.02. The van der Waals surface area contributed by atoms with Gasteiger partial charge in [-0.1, -0.05) is 6.07 Å². The van der Waals surface area contributed by atoms with Crippen LogP contribution >= 0.6 is 0 Å². The van der Waals surface area contributed by atoms with E-state index in [1.54, 1.807) is 12.1 Å². The summed E-state index contributed by atoms with van der Waals surface area (Å²) in [6.07, 6.45) is 1.62. The Morgan fingerprint density at radius 3 is 2.78 bits per heavy atom. The van der Waals surface area contributed by atoms with E-state index in [1.165, 1.54) is 13.2 Å². The molecule has 1 unspecified atom stereocenters. The SMILES string of the molecule is COc1ccc(C(CN)NCCCCO)cc1F. The smallest absolute Gasteiger partial charge is 0.165 e. The quantitative estimate of drug-likeness (QED) is 0.611. The lowest BCUT2D eigenvalue weighted by molar-refractivity contribution is 0.282. The summed E-state index contributed by atoms with van der Waals surface area (Å²) in [6, 6.07) is 4.76. The molecule has 1 rings (SSSR count). The Bertz CT molecular complexity index is 361. The molecule has 18 heavy (non-hydrogen) atoms. The number of ether oxygens (including phenoxy) is 1. The average molecular weight is 256 g/mol. The number of halogens is 1. The lowest BCUT2D eigenvalue weighted by Gasteiger charge is -2.17. The van der Waals surface area contributed by atoms with Crippen LogP contribution in [0.25, 0.3) is 0 Å². The van der Waals surface area contributed by atoms with Gasteiger partial charge in [0.2, 0.25) is 0 Å². The fraction of sp³-hybridized carbons (Fsp3) is 0.538. The summed E-state index contributed by atoms with van der Waals surface area (Å²) < 4.78 is 18.4. The molecule has 1 aromatic carbocycles. The Kier molecular flexibility index (Phi) is 6.64. The van der Waals surface area contributed by atoms with Crippen LogP contribution in [0.1, 0.15) is 24.4 Å². The van der Waals surface area contributed by atoms with Crippen LogP contribution < -0.4 is 15.8 Å². The first-order chi connectivity index (χ1) is 8.72. The first kappa shape index (κ1) is 14.9. The van der Waals surface area contributed by atoms with Crippen LogP contribution in [0.2, 0.25) is 0 Å². The van der Waals surface area contributed by atoms with Crippen LogP contribution in [0.3, 0.4) is 0 Å². The zero-order valence-corrected chi connectivity index (χ0v) is 10.7. The molecule has 4 N–H and O–H groups in total. The molecule has 4 nitrogen and oxygen atoms in total. The minimum Gasteiger partial charge on any atom is -0.494 e. The molecule has 0 aliphatic carbocycles. The van der Waals surface area contributed by atoms with Crippen molar-refractivity contribution in [2.75, 3.05) is 26.8 Å². The number of nitrogens with two attached hydrogens (primary N) is 1. The summed E-state index contributed by atoms with van der Waals surface area (Å²) >= 11 is 0. The molecule has 0 heterocycles. The number of hydrogen-bond donors (Lipinski definition) is 3. The van der Waals surface area contributed by atoms with E-state index in [1.807, 2.05) is 0 Å². The first-order valence-electron chi connectivity index (χ1n) is 6.10. The zero-order valence-electron chi connectivity index (χ0n) is 10.7. The molecule has 0 aliphatic rings. The van der Waals surface area contributed by atoms with E-state index in [2.05, 4.69) is 5.32 Å². The van der Waals surface area contributed by atoms with Crippen LogP contribution in [-0.2, 0) is 0 Å². The van der Waals surface area contributed by atoms with Gasteiger partial charge in [0.05, 0.1) is 7.11 Å². The molecule has 0 radical (unpaired) electrons. The lowest BCUT2D eigenvalue weighted by Crippen LogP contribution is -2.29. The molecular formula is C13H21FN2O2. The van der Waals surface area contributed by atoms with E-state index in [-0.39, 0.29) is 24.2 Å². The number of nitrogens with one attached hydrogen (secondary N) is 1. The normalized spacial score (nSPS) is 12.4. The third-order valence-corrected chi connectivity index (χ3v) is 2.79. The monoisotopic (exact) mass is 256 g/mol. The van der Waals surface area contributed by atoms with Gasteiger partial charge in [-0.15, -0.1) is 0 Å². The second-order valence-corrected chi connectivity index (χ2v) is 4.07. The summed E-state index contributed by atoms with van der Waals surface area (Å²) in [4.78, 5) is 0. The summed E-state index contributed by atoms with van der Waals surface area (Å²) in [5.41, 5.74) is 6.48. The van der Waals surface area contributed by atoms with Crippen LogP contribution in [0.15, 0.2) is 18.2 Å². The third-order valence-electron chi connectivity index (χ3n) is 2.79. The standard InChI is InChI=1S/C13H21FN2O2/c1-18-13-5-4-10(8-11(13)14)12(9-15)16-6-2-3-7-17/h4-5,8,12,16-17H,2-3,6-7,9,15H2,1H3. The number of unbranched alkanes of at least 4 members (excludes halogenated alkanes) is 1. The molecule has 102 valence electrons. The van der Waals surface area contributed by atoms with Crippen LogP contribution in [0.5, 0.6) is 5.75 Å². The highest BCUT2D eigenvalue weighted by Crippen LogP contribution is 2.21. The first-order valence-corrected chi connectivity index (χ1v) is 6.10. The molecule has 1 aromatic rings. The fourth-order valence-corrected chi connectivity index (χ4v) is 1.75. The van der Waals surface area contributed by atoms with Gasteiger partial charge in [0, 0.05) is 19.2 Å². The molecular weight excluding hydrogens is 235 g/mol. The van der Waals surface area contributed by atoms with Gasteiger partial charge in [-0.05, 0) is 37.1 Å². The third kappa shape index (κ3) is 4.25. The maximum absolute atomic E-state index is 13.6. The minimum absolute atomic E-state index is 0.0795. The Hall–Kier alpha value is -1.17. The molecule has 0 spiro atoms. The zero-order chi connectivity index (χ0) is 13.4. The van der Waals surface area contributed by atoms with Gasteiger partial charge in [0.25, 0.3) is 0 Å². The fourth-order valence-electron chi connectivity index (χ4n) is 1.75. The van der Waals surface area contributed by atoms with E-state index in [0.29, 0.717) is 6.54 Å². The second-order valence-electron chi connectivity index (χ2n) is 4.07. The van der Waals surface area contributed by atoms with Gasteiger partial charge in [-0.25, -0.2) is 4.39 Å². The Morgan fingerprint density at radius 1 is 1.44 bits per heavy atom. The number of aliphatic hydroxyl groups excluding tert-OH is 1. The van der Waals surface area contributed by atoms with Gasteiger partial charge >= 0.3 is 0 Å². The highest BCUT2D eigenvalue weighted by Gasteiger charge is 2.11. The molecule has 1 atom stereocenters. The van der Waals surface area contributed by atoms with Crippen molar-refractivity contribution >= 4 is 0 Å². The number of methoxy groups -OCH3 is 1. The maximum Gasteiger partial charge on any atom is 0.165 e. The van der Waals surface area contributed by atoms with Gasteiger partial charge in [0.1, 0.15) is 0 Å². The van der Waals surface area contributed by atoms with E-state index in [9.17, 15) is 4.39 Å². The summed E-state index contributed by atoms with van der Waals surface area (Å²) in [6.45, 7) is 1.33. The van der Waals surface area contributed by atoms with Crippen molar-refractivity contribution in [3.05, 3.63) is 29.6 Å². The summed E-state index contributed by atoms with van der Waals surface area (Å²) in [5.74, 6) is -0.152. The number of benzene rings is 1. The molecule has 0 saturated carbocycles. The van der Waals surface area contributed by atoms with Crippen molar-refractivity contribution in [3.63, 3.8) is 0 Å². The van der Waals surface area contributed by atoms with Gasteiger partial charge in [-0.2, -0.15) is 0 Å². The summed E-state index contributed by atoms with van der Waals surface area (Å²) in [7, 11) is 1.44.